The van der Waals surface area contributed by atoms with E-state index in [1.807, 2.05) is 36.5 Å². The quantitative estimate of drug-likeness (QED) is 0.590. The van der Waals surface area contributed by atoms with Crippen LogP contribution in [-0.4, -0.2) is 21.7 Å². The van der Waals surface area contributed by atoms with Crippen LogP contribution in [0.3, 0.4) is 0 Å². The van der Waals surface area contributed by atoms with Crippen LogP contribution in [0.4, 0.5) is 5.82 Å². The van der Waals surface area contributed by atoms with Crippen LogP contribution < -0.4 is 14.8 Å². The van der Waals surface area contributed by atoms with Gasteiger partial charge in [0.05, 0.1) is 10.2 Å². The summed E-state index contributed by atoms with van der Waals surface area (Å²) in [5.41, 5.74) is 3.11. The highest BCUT2D eigenvalue weighted by atomic mass is 32.1. The number of anilines is 1. The van der Waals surface area contributed by atoms with Crippen LogP contribution in [-0.2, 0) is 6.54 Å². The van der Waals surface area contributed by atoms with E-state index in [2.05, 4.69) is 26.3 Å². The topological polar surface area (TPSA) is 69.2 Å². The molecule has 1 aromatic carbocycles. The van der Waals surface area contributed by atoms with Crippen molar-refractivity contribution in [1.29, 1.82) is 0 Å². The van der Waals surface area contributed by atoms with Gasteiger partial charge >= 0.3 is 0 Å². The number of pyridine rings is 1. The zero-order chi connectivity index (χ0) is 17.3. The van der Waals surface area contributed by atoms with Gasteiger partial charge in [-0.15, -0.1) is 11.3 Å². The van der Waals surface area contributed by atoms with Gasteiger partial charge in [-0.1, -0.05) is 12.1 Å². The molecule has 7 heteroatoms. The van der Waals surface area contributed by atoms with Gasteiger partial charge in [-0.2, -0.15) is 0 Å². The van der Waals surface area contributed by atoms with Crippen molar-refractivity contribution in [3.05, 3.63) is 60.7 Å². The minimum Gasteiger partial charge on any atom is -0.454 e. The van der Waals surface area contributed by atoms with Gasteiger partial charge in [-0.3, -0.25) is 4.98 Å². The van der Waals surface area contributed by atoms with Crippen molar-refractivity contribution in [2.45, 2.75) is 6.54 Å². The molecule has 1 aliphatic heterocycles. The first-order valence-corrected chi connectivity index (χ1v) is 8.96. The summed E-state index contributed by atoms with van der Waals surface area (Å²) in [6, 6.07) is 12.0. The number of benzene rings is 1. The van der Waals surface area contributed by atoms with Crippen molar-refractivity contribution >= 4 is 27.4 Å². The third kappa shape index (κ3) is 2.72. The molecule has 1 aliphatic rings. The van der Waals surface area contributed by atoms with Crippen LogP contribution in [0.25, 0.3) is 20.7 Å². The van der Waals surface area contributed by atoms with Crippen LogP contribution in [0.15, 0.2) is 55.1 Å². The Morgan fingerprint density at radius 3 is 2.96 bits per heavy atom. The smallest absolute Gasteiger partial charge is 0.231 e. The Balaban J connectivity index is 1.43. The number of aromatic nitrogens is 3. The largest absolute Gasteiger partial charge is 0.454 e. The fourth-order valence-corrected chi connectivity index (χ4v) is 3.93. The van der Waals surface area contributed by atoms with Crippen molar-refractivity contribution in [2.24, 2.45) is 0 Å². The van der Waals surface area contributed by atoms with Gasteiger partial charge in [0.1, 0.15) is 12.1 Å². The molecule has 0 unspecified atom stereocenters. The van der Waals surface area contributed by atoms with Crippen molar-refractivity contribution in [1.82, 2.24) is 15.0 Å². The fourth-order valence-electron chi connectivity index (χ4n) is 2.87. The Morgan fingerprint density at radius 2 is 2.04 bits per heavy atom. The molecule has 6 nitrogen and oxygen atoms in total. The predicted molar refractivity (Wildman–Crippen MR) is 101 cm³/mol. The zero-order valence-corrected chi connectivity index (χ0v) is 14.5. The third-order valence-electron chi connectivity index (χ3n) is 4.15. The minimum absolute atomic E-state index is 0.283. The highest BCUT2D eigenvalue weighted by Crippen LogP contribution is 2.36. The third-order valence-corrected chi connectivity index (χ3v) is 5.33. The Kier molecular flexibility index (Phi) is 3.64. The monoisotopic (exact) mass is 362 g/mol. The number of hydrogen-bond acceptors (Lipinski definition) is 7. The molecule has 5 rings (SSSR count). The highest BCUT2D eigenvalue weighted by Gasteiger charge is 2.14. The Bertz CT molecular complexity index is 1080. The minimum atomic E-state index is 0.283. The summed E-state index contributed by atoms with van der Waals surface area (Å²) in [6.45, 7) is 0.925. The molecule has 4 heterocycles. The van der Waals surface area contributed by atoms with E-state index in [0.717, 1.165) is 43.5 Å². The number of fused-ring (bicyclic) bond motifs is 2. The van der Waals surface area contributed by atoms with E-state index in [-0.39, 0.29) is 6.79 Å². The van der Waals surface area contributed by atoms with E-state index >= 15 is 0 Å². The van der Waals surface area contributed by atoms with E-state index in [9.17, 15) is 0 Å². The number of rotatable bonds is 4. The molecule has 0 amide bonds. The highest BCUT2D eigenvalue weighted by molar-refractivity contribution is 7.22. The molecule has 0 saturated carbocycles. The molecule has 0 saturated heterocycles. The number of ether oxygens (including phenoxy) is 2. The molecule has 0 bridgehead atoms. The zero-order valence-electron chi connectivity index (χ0n) is 13.7. The van der Waals surface area contributed by atoms with Gasteiger partial charge in [-0.05, 0) is 29.8 Å². The van der Waals surface area contributed by atoms with E-state index < -0.39 is 0 Å². The van der Waals surface area contributed by atoms with Crippen LogP contribution in [0, 0.1) is 0 Å². The summed E-state index contributed by atoms with van der Waals surface area (Å²) < 4.78 is 11.8. The molecular weight excluding hydrogens is 348 g/mol. The van der Waals surface area contributed by atoms with Crippen molar-refractivity contribution in [3.8, 4) is 21.9 Å². The van der Waals surface area contributed by atoms with Gasteiger partial charge in [0.15, 0.2) is 11.5 Å². The Hall–Kier alpha value is -3.19. The lowest BCUT2D eigenvalue weighted by Gasteiger charge is -2.07. The summed E-state index contributed by atoms with van der Waals surface area (Å²) in [5, 5.41) is 3.41. The molecule has 0 fully saturated rings. The van der Waals surface area contributed by atoms with Gasteiger partial charge in [0.2, 0.25) is 6.79 Å². The average Bonchev–Trinajstić information content (AvgIpc) is 3.33. The number of nitrogens with one attached hydrogen (secondary N) is 1. The number of thiophene rings is 1. The summed E-state index contributed by atoms with van der Waals surface area (Å²) in [4.78, 5) is 14.1. The fraction of sp³-hybridized carbons (Fsp3) is 0.105. The van der Waals surface area contributed by atoms with E-state index in [4.69, 9.17) is 9.47 Å². The predicted octanol–water partition coefficient (Wildman–Crippen LogP) is 4.09. The molecule has 0 aliphatic carbocycles. The maximum Gasteiger partial charge on any atom is 0.231 e. The number of nitrogens with zero attached hydrogens (tertiary/aromatic N) is 3. The van der Waals surface area contributed by atoms with Crippen LogP contribution >= 0.6 is 11.3 Å². The van der Waals surface area contributed by atoms with Gasteiger partial charge in [-0.25, -0.2) is 9.97 Å². The molecule has 1 N–H and O–H groups in total. The number of hydrogen-bond donors (Lipinski definition) is 1. The maximum atomic E-state index is 5.43. The van der Waals surface area contributed by atoms with Crippen LogP contribution in [0.1, 0.15) is 5.56 Å². The second kappa shape index (κ2) is 6.27. The molecule has 0 spiro atoms. The lowest BCUT2D eigenvalue weighted by Crippen LogP contribution is -2.01. The van der Waals surface area contributed by atoms with Crippen molar-refractivity contribution in [3.63, 3.8) is 0 Å². The van der Waals surface area contributed by atoms with Crippen LogP contribution in [0.5, 0.6) is 11.5 Å². The van der Waals surface area contributed by atoms with Crippen LogP contribution in [0.2, 0.25) is 0 Å². The standard InChI is InChI=1S/C19H14N4O2S/c1-2-13(9-20-5-1)17-7-14-18(26-17)19(23-10-22-14)21-8-12-3-4-15-16(6-12)25-11-24-15/h1-7,9-10H,8,11H2,(H,21,22,23). The lowest BCUT2D eigenvalue weighted by molar-refractivity contribution is 0.174. The summed E-state index contributed by atoms with van der Waals surface area (Å²) in [6.07, 6.45) is 5.22. The Labute approximate surface area is 153 Å². The summed E-state index contributed by atoms with van der Waals surface area (Å²) >= 11 is 1.66. The van der Waals surface area contributed by atoms with E-state index in [1.54, 1.807) is 23.9 Å². The molecule has 128 valence electrons. The van der Waals surface area contributed by atoms with Gasteiger partial charge < -0.3 is 14.8 Å². The summed E-state index contributed by atoms with van der Waals surface area (Å²) in [5.74, 6) is 2.40. The molecule has 0 atom stereocenters. The SMILES string of the molecule is c1cncc(-c2cc3ncnc(NCc4ccc5c(c4)OCO5)c3s2)c1. The first kappa shape index (κ1) is 15.1. The van der Waals surface area contributed by atoms with Gasteiger partial charge in [0.25, 0.3) is 0 Å². The normalized spacial score (nSPS) is 12.5. The maximum absolute atomic E-state index is 5.43. The Morgan fingerprint density at radius 1 is 1.08 bits per heavy atom. The lowest BCUT2D eigenvalue weighted by atomic mass is 10.2. The first-order valence-electron chi connectivity index (χ1n) is 8.14. The first-order chi connectivity index (χ1) is 12.9. The molecular formula is C19H14N4O2S. The van der Waals surface area contributed by atoms with E-state index in [1.165, 1.54) is 0 Å². The van der Waals surface area contributed by atoms with Crippen molar-refractivity contribution < 1.29 is 9.47 Å². The molecule has 4 aromatic rings. The molecule has 3 aromatic heterocycles. The van der Waals surface area contributed by atoms with Gasteiger partial charge in [0, 0.05) is 29.4 Å². The summed E-state index contributed by atoms with van der Waals surface area (Å²) in [7, 11) is 0. The molecule has 26 heavy (non-hydrogen) atoms. The second-order valence-corrected chi connectivity index (χ2v) is 6.88. The van der Waals surface area contributed by atoms with E-state index in [0.29, 0.717) is 6.54 Å². The van der Waals surface area contributed by atoms with Crippen molar-refractivity contribution in [2.75, 3.05) is 12.1 Å². The second-order valence-electron chi connectivity index (χ2n) is 5.83. The molecule has 0 radical (unpaired) electrons. The average molecular weight is 362 g/mol.